The predicted octanol–water partition coefficient (Wildman–Crippen LogP) is 6.72. The van der Waals surface area contributed by atoms with Crippen LogP contribution < -0.4 is 5.32 Å². The predicted molar refractivity (Wildman–Crippen MR) is 130 cm³/mol. The van der Waals surface area contributed by atoms with Crippen molar-refractivity contribution in [3.05, 3.63) is 101 Å². The second-order valence-electron chi connectivity index (χ2n) is 7.84. The molecule has 3 aromatic carbocycles. The van der Waals surface area contributed by atoms with E-state index < -0.39 is 17.8 Å². The maximum atomic E-state index is 13.4. The lowest BCUT2D eigenvalue weighted by atomic mass is 10.1. The Labute approximate surface area is 207 Å². The molecule has 0 aliphatic carbocycles. The number of phenols is 1. The molecule has 0 aliphatic heterocycles. The van der Waals surface area contributed by atoms with Crippen molar-refractivity contribution in [2.24, 2.45) is 0 Å². The molecule has 0 unspecified atom stereocenters. The van der Waals surface area contributed by atoms with Crippen LogP contribution in [-0.2, 0) is 6.18 Å². The SMILES string of the molecule is O=C(Nc1ccc(O)c2ncccc12)c1ccc(-c2cc(C(F)(F)F)nn2-c2ccccc2Cl)cc1. The molecule has 10 heteroatoms. The molecule has 36 heavy (non-hydrogen) atoms. The van der Waals surface area contributed by atoms with Crippen molar-refractivity contribution in [2.45, 2.75) is 6.18 Å². The van der Waals surface area contributed by atoms with Gasteiger partial charge in [-0.2, -0.15) is 18.3 Å². The average molecular weight is 509 g/mol. The monoisotopic (exact) mass is 508 g/mol. The van der Waals surface area contributed by atoms with Gasteiger partial charge in [-0.15, -0.1) is 0 Å². The summed E-state index contributed by atoms with van der Waals surface area (Å²) in [5, 5.41) is 17.3. The van der Waals surface area contributed by atoms with Gasteiger partial charge in [0.05, 0.1) is 22.1 Å². The molecule has 0 radical (unpaired) electrons. The minimum atomic E-state index is -4.65. The second kappa shape index (κ2) is 9.01. The number of pyridine rings is 1. The molecular weight excluding hydrogens is 493 g/mol. The highest BCUT2D eigenvalue weighted by Crippen LogP contribution is 2.35. The van der Waals surface area contributed by atoms with E-state index in [-0.39, 0.29) is 22.0 Å². The number of anilines is 1. The van der Waals surface area contributed by atoms with Gasteiger partial charge in [0.2, 0.25) is 0 Å². The van der Waals surface area contributed by atoms with Crippen LogP contribution in [0.15, 0.2) is 85.1 Å². The van der Waals surface area contributed by atoms with E-state index in [0.29, 0.717) is 27.8 Å². The van der Waals surface area contributed by atoms with Gasteiger partial charge in [0.25, 0.3) is 5.91 Å². The number of rotatable bonds is 4. The van der Waals surface area contributed by atoms with Gasteiger partial charge in [0.1, 0.15) is 11.3 Å². The van der Waals surface area contributed by atoms with Crippen LogP contribution in [0, 0.1) is 0 Å². The van der Waals surface area contributed by atoms with Crippen LogP contribution in [0.4, 0.5) is 18.9 Å². The Bertz CT molecular complexity index is 1600. The minimum absolute atomic E-state index is 0.0127. The first-order valence-electron chi connectivity index (χ1n) is 10.6. The number of benzene rings is 3. The lowest BCUT2D eigenvalue weighted by molar-refractivity contribution is -0.141. The van der Waals surface area contributed by atoms with Crippen LogP contribution in [0.2, 0.25) is 5.02 Å². The number of phenolic OH excluding ortho intramolecular Hbond substituents is 1. The Hall–Kier alpha value is -4.37. The molecule has 0 fully saturated rings. The summed E-state index contributed by atoms with van der Waals surface area (Å²) in [5.74, 6) is -0.450. The number of nitrogens with one attached hydrogen (secondary N) is 1. The fourth-order valence-electron chi connectivity index (χ4n) is 3.79. The fraction of sp³-hybridized carbons (Fsp3) is 0.0385. The summed E-state index contributed by atoms with van der Waals surface area (Å²) >= 11 is 6.22. The van der Waals surface area contributed by atoms with E-state index in [4.69, 9.17) is 11.6 Å². The Morgan fingerprint density at radius 3 is 2.44 bits per heavy atom. The Morgan fingerprint density at radius 1 is 0.972 bits per heavy atom. The van der Waals surface area contributed by atoms with E-state index in [2.05, 4.69) is 15.4 Å². The lowest BCUT2D eigenvalue weighted by Gasteiger charge is -2.11. The van der Waals surface area contributed by atoms with Gasteiger partial charge in [-0.3, -0.25) is 9.78 Å². The van der Waals surface area contributed by atoms with E-state index in [1.165, 1.54) is 36.5 Å². The van der Waals surface area contributed by atoms with Gasteiger partial charge in [-0.05, 0) is 54.6 Å². The molecule has 0 saturated heterocycles. The molecule has 0 saturated carbocycles. The van der Waals surface area contributed by atoms with Crippen LogP contribution in [-0.4, -0.2) is 25.8 Å². The Balaban J connectivity index is 1.48. The number of nitrogens with zero attached hydrogens (tertiary/aromatic N) is 3. The van der Waals surface area contributed by atoms with Crippen LogP contribution in [0.25, 0.3) is 27.8 Å². The second-order valence-corrected chi connectivity index (χ2v) is 8.25. The highest BCUT2D eigenvalue weighted by molar-refractivity contribution is 6.32. The van der Waals surface area contributed by atoms with Gasteiger partial charge >= 0.3 is 6.18 Å². The van der Waals surface area contributed by atoms with Crippen LogP contribution in [0.1, 0.15) is 16.1 Å². The number of amides is 1. The zero-order valence-corrected chi connectivity index (χ0v) is 19.0. The molecule has 180 valence electrons. The minimum Gasteiger partial charge on any atom is -0.506 e. The first kappa shape index (κ1) is 23.4. The van der Waals surface area contributed by atoms with Gasteiger partial charge < -0.3 is 10.4 Å². The molecule has 6 nitrogen and oxygen atoms in total. The summed E-state index contributed by atoms with van der Waals surface area (Å²) in [4.78, 5) is 17.0. The number of carbonyl (C=O) groups excluding carboxylic acids is 1. The Kier molecular flexibility index (Phi) is 5.85. The summed E-state index contributed by atoms with van der Waals surface area (Å²) in [6, 6.07) is 19.9. The summed E-state index contributed by atoms with van der Waals surface area (Å²) in [5.41, 5.74) is 0.886. The Morgan fingerprint density at radius 2 is 1.72 bits per heavy atom. The maximum Gasteiger partial charge on any atom is 0.435 e. The number of alkyl halides is 3. The topological polar surface area (TPSA) is 80.0 Å². The first-order chi connectivity index (χ1) is 17.2. The molecule has 5 rings (SSSR count). The molecule has 1 amide bonds. The number of aromatic hydroxyl groups is 1. The van der Waals surface area contributed by atoms with E-state index >= 15 is 0 Å². The summed E-state index contributed by atoms with van der Waals surface area (Å²) in [7, 11) is 0. The van der Waals surface area contributed by atoms with Gasteiger partial charge in [0.15, 0.2) is 5.69 Å². The van der Waals surface area contributed by atoms with E-state index in [1.807, 2.05) is 0 Å². The third-order valence-electron chi connectivity index (χ3n) is 5.52. The molecule has 0 bridgehead atoms. The van der Waals surface area contributed by atoms with Crippen molar-refractivity contribution in [3.8, 4) is 22.7 Å². The number of para-hydroxylation sites is 1. The zero-order chi connectivity index (χ0) is 25.4. The number of fused-ring (bicyclic) bond motifs is 1. The smallest absolute Gasteiger partial charge is 0.435 e. The number of carbonyl (C=O) groups is 1. The van der Waals surface area contributed by atoms with Gasteiger partial charge in [0, 0.05) is 22.7 Å². The molecule has 2 N–H and O–H groups in total. The highest BCUT2D eigenvalue weighted by Gasteiger charge is 2.35. The fourth-order valence-corrected chi connectivity index (χ4v) is 4.00. The molecule has 0 spiro atoms. The molecule has 2 aromatic heterocycles. The van der Waals surface area contributed by atoms with Crippen LogP contribution >= 0.6 is 11.6 Å². The normalized spacial score (nSPS) is 11.6. The van der Waals surface area contributed by atoms with Crippen molar-refractivity contribution in [3.63, 3.8) is 0 Å². The first-order valence-corrected chi connectivity index (χ1v) is 11.0. The quantitative estimate of drug-likeness (QED) is 0.264. The standard InChI is InChI=1S/C26H16ClF3N4O2/c27-18-5-1-2-6-20(18)34-21(14-23(33-34)26(28,29)30)15-7-9-16(10-8-15)25(36)32-19-11-12-22(35)24-17(19)4-3-13-31-24/h1-14,35H,(H,32,36). The molecule has 2 heterocycles. The van der Waals surface area contributed by atoms with E-state index in [1.54, 1.807) is 42.5 Å². The van der Waals surface area contributed by atoms with E-state index in [0.717, 1.165) is 10.7 Å². The van der Waals surface area contributed by atoms with Crippen molar-refractivity contribution >= 4 is 34.1 Å². The number of halogens is 4. The van der Waals surface area contributed by atoms with Crippen LogP contribution in [0.5, 0.6) is 5.75 Å². The highest BCUT2D eigenvalue weighted by atomic mass is 35.5. The largest absolute Gasteiger partial charge is 0.506 e. The lowest BCUT2D eigenvalue weighted by Crippen LogP contribution is -2.12. The van der Waals surface area contributed by atoms with Gasteiger partial charge in [-0.1, -0.05) is 35.9 Å². The molecule has 5 aromatic rings. The third kappa shape index (κ3) is 4.36. The molecule has 0 atom stereocenters. The van der Waals surface area contributed by atoms with Crippen LogP contribution in [0.3, 0.4) is 0 Å². The van der Waals surface area contributed by atoms with Gasteiger partial charge in [-0.25, -0.2) is 4.68 Å². The number of hydrogen-bond acceptors (Lipinski definition) is 4. The zero-order valence-electron chi connectivity index (χ0n) is 18.3. The summed E-state index contributed by atoms with van der Waals surface area (Å²) in [6.45, 7) is 0. The average Bonchev–Trinajstić information content (AvgIpc) is 3.32. The number of aromatic nitrogens is 3. The summed E-state index contributed by atoms with van der Waals surface area (Å²) < 4.78 is 41.5. The number of hydrogen-bond donors (Lipinski definition) is 2. The van der Waals surface area contributed by atoms with Crippen molar-refractivity contribution < 1.29 is 23.1 Å². The molecule has 0 aliphatic rings. The van der Waals surface area contributed by atoms with Crippen molar-refractivity contribution in [1.29, 1.82) is 0 Å². The third-order valence-corrected chi connectivity index (χ3v) is 5.84. The van der Waals surface area contributed by atoms with E-state index in [9.17, 15) is 23.1 Å². The van der Waals surface area contributed by atoms with Crippen molar-refractivity contribution in [1.82, 2.24) is 14.8 Å². The summed E-state index contributed by atoms with van der Waals surface area (Å²) in [6.07, 6.45) is -3.12. The maximum absolute atomic E-state index is 13.4. The molecular formula is C26H16ClF3N4O2. The van der Waals surface area contributed by atoms with Crippen molar-refractivity contribution in [2.75, 3.05) is 5.32 Å².